The monoisotopic (exact) mass is 545 g/mol. The number of ether oxygens (including phenoxy) is 1. The highest BCUT2D eigenvalue weighted by Crippen LogP contribution is 2.34. The van der Waals surface area contributed by atoms with E-state index in [-0.39, 0.29) is 37.2 Å². The minimum atomic E-state index is 0. The molecule has 1 saturated carbocycles. The molecule has 0 atom stereocenters. The van der Waals surface area contributed by atoms with E-state index in [1.807, 2.05) is 60.8 Å². The molecule has 0 spiro atoms. The fraction of sp³-hybridized carbons (Fsp3) is 0.259. The second kappa shape index (κ2) is 14.0. The molecule has 3 aromatic heterocycles. The van der Waals surface area contributed by atoms with E-state index in [0.29, 0.717) is 17.8 Å². The molecule has 1 fully saturated rings. The van der Waals surface area contributed by atoms with E-state index in [2.05, 4.69) is 27.4 Å². The third-order valence-corrected chi connectivity index (χ3v) is 6.19. The number of rotatable bonds is 6. The van der Waals surface area contributed by atoms with Gasteiger partial charge in [-0.05, 0) is 80.3 Å². The van der Waals surface area contributed by atoms with Crippen LogP contribution in [0.2, 0.25) is 0 Å². The zero-order valence-corrected chi connectivity index (χ0v) is 22.4. The Labute approximate surface area is 230 Å². The fourth-order valence-electron chi connectivity index (χ4n) is 4.42. The van der Waals surface area contributed by atoms with Crippen LogP contribution >= 0.6 is 37.2 Å². The number of nitrogens with one attached hydrogen (secondary N) is 1. The van der Waals surface area contributed by atoms with Gasteiger partial charge in [0.05, 0.1) is 18.3 Å². The Morgan fingerprint density at radius 3 is 2.25 bits per heavy atom. The minimum Gasteiger partial charge on any atom is -0.497 e. The lowest BCUT2D eigenvalue weighted by Gasteiger charge is -2.29. The molecule has 0 radical (unpaired) electrons. The topological polar surface area (TPSA) is 72.8 Å². The maximum absolute atomic E-state index is 5.45. The van der Waals surface area contributed by atoms with Gasteiger partial charge in [0, 0.05) is 35.4 Å². The molecule has 190 valence electrons. The van der Waals surface area contributed by atoms with Crippen LogP contribution in [0.5, 0.6) is 5.75 Å². The first kappa shape index (κ1) is 29.3. The summed E-state index contributed by atoms with van der Waals surface area (Å²) in [6.45, 7) is 0. The van der Waals surface area contributed by atoms with Gasteiger partial charge in [-0.2, -0.15) is 0 Å². The first-order valence-electron chi connectivity index (χ1n) is 11.4. The molecule has 0 unspecified atom stereocenters. The molecule has 1 aromatic carbocycles. The van der Waals surface area contributed by atoms with Gasteiger partial charge < -0.3 is 10.1 Å². The van der Waals surface area contributed by atoms with Gasteiger partial charge in [0.15, 0.2) is 5.82 Å². The molecule has 36 heavy (non-hydrogen) atoms. The molecule has 0 aliphatic heterocycles. The van der Waals surface area contributed by atoms with Crippen LogP contribution < -0.4 is 10.1 Å². The number of hydrogen-bond acceptors (Lipinski definition) is 6. The van der Waals surface area contributed by atoms with Crippen molar-refractivity contribution >= 4 is 66.1 Å². The molecular weight excluding hydrogens is 517 g/mol. The first-order chi connectivity index (χ1) is 16.3. The van der Waals surface area contributed by atoms with Crippen molar-refractivity contribution in [3.8, 4) is 5.75 Å². The summed E-state index contributed by atoms with van der Waals surface area (Å²) in [4.78, 5) is 18.5. The molecule has 6 nitrogen and oxygen atoms in total. The number of methoxy groups -OCH3 is 1. The Balaban J connectivity index is 0.00000152. The van der Waals surface area contributed by atoms with Crippen molar-refractivity contribution in [1.29, 1.82) is 0 Å². The largest absolute Gasteiger partial charge is 0.497 e. The van der Waals surface area contributed by atoms with Crippen molar-refractivity contribution in [2.24, 2.45) is 0 Å². The second-order valence-corrected chi connectivity index (χ2v) is 8.35. The smallest absolute Gasteiger partial charge is 0.155 e. The normalized spacial score (nSPS) is 16.9. The van der Waals surface area contributed by atoms with Crippen LogP contribution in [-0.4, -0.2) is 33.1 Å². The zero-order chi connectivity index (χ0) is 22.5. The van der Waals surface area contributed by atoms with Crippen molar-refractivity contribution in [2.45, 2.75) is 37.6 Å². The molecule has 0 saturated heterocycles. The standard InChI is InChI=1S/C27H27N5O.3ClH/c1-33-22-13-14-25-23(18-22)27(32-26(31-25)15-12-20-6-2-4-16-28-20)30-21-10-8-19(9-11-21)24-7-3-5-17-29-24;;;/h2-7,12-19,21H,8-11H2,1H3,(H,30,31,32);3*1H/b15-12+;;;. The molecule has 1 aliphatic rings. The van der Waals surface area contributed by atoms with Gasteiger partial charge in [-0.15, -0.1) is 37.2 Å². The minimum absolute atomic E-state index is 0. The van der Waals surface area contributed by atoms with Gasteiger partial charge in [-0.1, -0.05) is 12.1 Å². The highest BCUT2D eigenvalue weighted by molar-refractivity contribution is 5.91. The number of fused-ring (bicyclic) bond motifs is 1. The van der Waals surface area contributed by atoms with Crippen molar-refractivity contribution in [3.63, 3.8) is 0 Å². The Morgan fingerprint density at radius 1 is 0.833 bits per heavy atom. The maximum Gasteiger partial charge on any atom is 0.155 e. The maximum atomic E-state index is 5.45. The van der Waals surface area contributed by atoms with Crippen LogP contribution in [-0.2, 0) is 0 Å². The summed E-state index contributed by atoms with van der Waals surface area (Å²) >= 11 is 0. The highest BCUT2D eigenvalue weighted by atomic mass is 35.5. The first-order valence-corrected chi connectivity index (χ1v) is 11.4. The summed E-state index contributed by atoms with van der Waals surface area (Å²) in [5, 5.41) is 4.68. The third kappa shape index (κ3) is 7.06. The molecule has 5 rings (SSSR count). The predicted molar refractivity (Wildman–Crippen MR) is 154 cm³/mol. The van der Waals surface area contributed by atoms with E-state index in [4.69, 9.17) is 14.7 Å². The molecule has 1 N–H and O–H groups in total. The average molecular weight is 547 g/mol. The Bertz CT molecular complexity index is 1250. The van der Waals surface area contributed by atoms with Crippen LogP contribution in [0.4, 0.5) is 5.82 Å². The summed E-state index contributed by atoms with van der Waals surface area (Å²) in [5.74, 6) is 2.83. The number of benzene rings is 1. The number of anilines is 1. The number of nitrogens with zero attached hydrogens (tertiary/aromatic N) is 4. The van der Waals surface area contributed by atoms with Gasteiger partial charge in [-0.25, -0.2) is 9.97 Å². The van der Waals surface area contributed by atoms with E-state index >= 15 is 0 Å². The molecule has 3 heterocycles. The fourth-order valence-corrected chi connectivity index (χ4v) is 4.42. The van der Waals surface area contributed by atoms with E-state index in [0.717, 1.165) is 53.8 Å². The van der Waals surface area contributed by atoms with Crippen LogP contribution in [0.3, 0.4) is 0 Å². The molecule has 0 bridgehead atoms. The Hall–Kier alpha value is -2.93. The van der Waals surface area contributed by atoms with Crippen LogP contribution in [0.15, 0.2) is 67.0 Å². The van der Waals surface area contributed by atoms with Gasteiger partial charge >= 0.3 is 0 Å². The molecule has 9 heteroatoms. The summed E-state index contributed by atoms with van der Waals surface area (Å²) in [6.07, 6.45) is 11.9. The van der Waals surface area contributed by atoms with Crippen molar-refractivity contribution in [2.75, 3.05) is 12.4 Å². The summed E-state index contributed by atoms with van der Waals surface area (Å²) in [6, 6.07) is 18.3. The quantitative estimate of drug-likeness (QED) is 0.281. The lowest BCUT2D eigenvalue weighted by Crippen LogP contribution is -2.26. The van der Waals surface area contributed by atoms with E-state index in [9.17, 15) is 0 Å². The van der Waals surface area contributed by atoms with E-state index in [1.54, 1.807) is 13.3 Å². The lowest BCUT2D eigenvalue weighted by molar-refractivity contribution is 0.406. The predicted octanol–water partition coefficient (Wildman–Crippen LogP) is 7.00. The average Bonchev–Trinajstić information content (AvgIpc) is 2.89. The summed E-state index contributed by atoms with van der Waals surface area (Å²) in [5.41, 5.74) is 2.96. The van der Waals surface area contributed by atoms with Crippen LogP contribution in [0.1, 0.15) is 48.8 Å². The van der Waals surface area contributed by atoms with Crippen LogP contribution in [0.25, 0.3) is 23.1 Å². The van der Waals surface area contributed by atoms with Gasteiger partial charge in [0.2, 0.25) is 0 Å². The molecule has 4 aromatic rings. The second-order valence-electron chi connectivity index (χ2n) is 8.35. The van der Waals surface area contributed by atoms with E-state index < -0.39 is 0 Å². The van der Waals surface area contributed by atoms with E-state index in [1.165, 1.54) is 5.69 Å². The van der Waals surface area contributed by atoms with Crippen molar-refractivity contribution < 1.29 is 4.74 Å². The van der Waals surface area contributed by atoms with Gasteiger partial charge in [-0.3, -0.25) is 9.97 Å². The van der Waals surface area contributed by atoms with Gasteiger partial charge in [0.25, 0.3) is 0 Å². The Morgan fingerprint density at radius 2 is 1.58 bits per heavy atom. The molecule has 1 aliphatic carbocycles. The number of hydrogen-bond donors (Lipinski definition) is 1. The highest BCUT2D eigenvalue weighted by Gasteiger charge is 2.24. The lowest BCUT2D eigenvalue weighted by atomic mass is 9.84. The summed E-state index contributed by atoms with van der Waals surface area (Å²) < 4.78 is 5.45. The van der Waals surface area contributed by atoms with Crippen molar-refractivity contribution in [3.05, 3.63) is 84.2 Å². The zero-order valence-electron chi connectivity index (χ0n) is 19.9. The Kier molecular flexibility index (Phi) is 11.4. The SMILES string of the molecule is COc1ccc2nc(/C=C/c3ccccn3)nc(NC3CCC(c4ccccn4)CC3)c2c1.Cl.Cl.Cl. The van der Waals surface area contributed by atoms with Gasteiger partial charge in [0.1, 0.15) is 11.6 Å². The number of pyridine rings is 2. The van der Waals surface area contributed by atoms with Crippen molar-refractivity contribution in [1.82, 2.24) is 19.9 Å². The van der Waals surface area contributed by atoms with Crippen LogP contribution in [0, 0.1) is 0 Å². The summed E-state index contributed by atoms with van der Waals surface area (Å²) in [7, 11) is 1.68. The number of halogens is 3. The third-order valence-electron chi connectivity index (χ3n) is 6.19. The molecular formula is C27H30Cl3N5O. The number of aromatic nitrogens is 4. The molecule has 0 amide bonds.